The van der Waals surface area contributed by atoms with Crippen LogP contribution < -0.4 is 4.74 Å². The number of aromatic carboxylic acids is 1. The number of ether oxygens (including phenoxy) is 1. The Kier molecular flexibility index (Phi) is 5.43. The molecule has 4 nitrogen and oxygen atoms in total. The molecule has 0 spiro atoms. The fourth-order valence-corrected chi connectivity index (χ4v) is 3.70. The summed E-state index contributed by atoms with van der Waals surface area (Å²) < 4.78 is 6.07. The molecule has 1 aromatic rings. The topological polar surface area (TPSA) is 49.8 Å². The molecule has 112 valence electrons. The minimum Gasteiger partial charge on any atom is -0.487 e. The molecule has 20 heavy (non-hydrogen) atoms. The number of carboxylic acid groups (broad SMARTS) is 1. The van der Waals surface area contributed by atoms with Gasteiger partial charge in [-0.2, -0.15) is 0 Å². The largest absolute Gasteiger partial charge is 0.487 e. The molecule has 5 heteroatoms. The van der Waals surface area contributed by atoms with Crippen LogP contribution in [0.5, 0.6) is 5.75 Å². The molecule has 0 bridgehead atoms. The Labute approximate surface area is 124 Å². The summed E-state index contributed by atoms with van der Waals surface area (Å²) in [5.74, 6) is -0.364. The third-order valence-electron chi connectivity index (χ3n) is 4.05. The van der Waals surface area contributed by atoms with Gasteiger partial charge in [0.2, 0.25) is 0 Å². The highest BCUT2D eigenvalue weighted by Gasteiger charge is 2.31. The normalized spacial score (nSPS) is 22.9. The zero-order valence-electron chi connectivity index (χ0n) is 12.2. The van der Waals surface area contributed by atoms with Crippen LogP contribution in [0.25, 0.3) is 0 Å². The van der Waals surface area contributed by atoms with Crippen LogP contribution in [0.1, 0.15) is 49.2 Å². The molecule has 1 aromatic heterocycles. The number of thiophene rings is 1. The van der Waals surface area contributed by atoms with E-state index in [1.54, 1.807) is 11.4 Å². The van der Waals surface area contributed by atoms with Gasteiger partial charge >= 0.3 is 5.97 Å². The van der Waals surface area contributed by atoms with Crippen LogP contribution >= 0.6 is 11.3 Å². The van der Waals surface area contributed by atoms with Gasteiger partial charge in [0.1, 0.15) is 11.9 Å². The van der Waals surface area contributed by atoms with Gasteiger partial charge in [-0.3, -0.25) is 4.90 Å². The maximum Gasteiger partial charge on any atom is 0.349 e. The van der Waals surface area contributed by atoms with Crippen LogP contribution in [0.15, 0.2) is 11.4 Å². The highest BCUT2D eigenvalue weighted by atomic mass is 32.1. The molecule has 1 fully saturated rings. The molecule has 0 radical (unpaired) electrons. The molecule has 0 amide bonds. The summed E-state index contributed by atoms with van der Waals surface area (Å²) >= 11 is 1.23. The summed E-state index contributed by atoms with van der Waals surface area (Å²) in [7, 11) is 0. The van der Waals surface area contributed by atoms with Gasteiger partial charge in [-0.15, -0.1) is 11.3 Å². The second-order valence-electron chi connectivity index (χ2n) is 5.15. The molecule has 2 unspecified atom stereocenters. The van der Waals surface area contributed by atoms with Crippen LogP contribution in [0.2, 0.25) is 0 Å². The predicted octanol–water partition coefficient (Wildman–Crippen LogP) is 3.48. The average Bonchev–Trinajstić information content (AvgIpc) is 2.90. The van der Waals surface area contributed by atoms with Crippen molar-refractivity contribution in [1.82, 2.24) is 4.90 Å². The van der Waals surface area contributed by atoms with Crippen LogP contribution in [0, 0.1) is 0 Å². The lowest BCUT2D eigenvalue weighted by atomic mass is 9.91. The predicted molar refractivity (Wildman–Crippen MR) is 80.9 cm³/mol. The smallest absolute Gasteiger partial charge is 0.349 e. The molecule has 1 aliphatic carbocycles. The van der Waals surface area contributed by atoms with Crippen molar-refractivity contribution in [2.45, 2.75) is 51.7 Å². The molecular weight excluding hydrogens is 274 g/mol. The number of carbonyl (C=O) groups is 1. The van der Waals surface area contributed by atoms with Gasteiger partial charge in [0, 0.05) is 6.04 Å². The Hall–Kier alpha value is -1.07. The van der Waals surface area contributed by atoms with E-state index in [1.807, 2.05) is 0 Å². The van der Waals surface area contributed by atoms with Crippen LogP contribution in [-0.2, 0) is 0 Å². The molecule has 1 saturated carbocycles. The van der Waals surface area contributed by atoms with Crippen LogP contribution in [0.4, 0.5) is 0 Å². The van der Waals surface area contributed by atoms with E-state index in [4.69, 9.17) is 4.74 Å². The maximum atomic E-state index is 11.2. The maximum absolute atomic E-state index is 11.2. The summed E-state index contributed by atoms with van der Waals surface area (Å²) in [4.78, 5) is 13.9. The summed E-state index contributed by atoms with van der Waals surface area (Å²) in [6.45, 7) is 6.36. The van der Waals surface area contributed by atoms with E-state index < -0.39 is 5.97 Å². The molecule has 0 aromatic carbocycles. The van der Waals surface area contributed by atoms with Gasteiger partial charge in [-0.05, 0) is 43.8 Å². The van der Waals surface area contributed by atoms with Crippen LogP contribution in [-0.4, -0.2) is 41.2 Å². The van der Waals surface area contributed by atoms with Crippen molar-refractivity contribution in [1.29, 1.82) is 0 Å². The highest BCUT2D eigenvalue weighted by Crippen LogP contribution is 2.31. The Morgan fingerprint density at radius 3 is 2.75 bits per heavy atom. The van der Waals surface area contributed by atoms with Gasteiger partial charge in [0.15, 0.2) is 4.88 Å². The van der Waals surface area contributed by atoms with Crippen molar-refractivity contribution < 1.29 is 14.6 Å². The van der Waals surface area contributed by atoms with E-state index in [9.17, 15) is 9.90 Å². The lowest BCUT2D eigenvalue weighted by molar-refractivity contribution is 0.0400. The number of carboxylic acids is 1. The van der Waals surface area contributed by atoms with Crippen molar-refractivity contribution in [2.75, 3.05) is 13.1 Å². The van der Waals surface area contributed by atoms with Crippen molar-refractivity contribution in [3.8, 4) is 5.75 Å². The zero-order chi connectivity index (χ0) is 14.5. The first-order chi connectivity index (χ1) is 9.67. The number of nitrogens with zero attached hydrogens (tertiary/aromatic N) is 1. The summed E-state index contributed by atoms with van der Waals surface area (Å²) in [6.07, 6.45) is 4.65. The number of likely N-dealkylation sites (N-methyl/N-ethyl adjacent to an activating group) is 1. The van der Waals surface area contributed by atoms with Gasteiger partial charge in [-0.1, -0.05) is 20.3 Å². The molecule has 2 atom stereocenters. The molecule has 1 heterocycles. The summed E-state index contributed by atoms with van der Waals surface area (Å²) in [6, 6.07) is 2.18. The SMILES string of the molecule is CCN(CC)C1CCCCC1Oc1ccsc1C(=O)O. The molecule has 0 aliphatic heterocycles. The molecule has 2 rings (SSSR count). The fraction of sp³-hybridized carbons (Fsp3) is 0.667. The van der Waals surface area contributed by atoms with Gasteiger partial charge in [0.05, 0.1) is 0 Å². The second kappa shape index (κ2) is 7.09. The first-order valence-electron chi connectivity index (χ1n) is 7.38. The van der Waals surface area contributed by atoms with E-state index in [-0.39, 0.29) is 6.10 Å². The lowest BCUT2D eigenvalue weighted by Crippen LogP contribution is -2.47. The number of hydrogen-bond donors (Lipinski definition) is 1. The first kappa shape index (κ1) is 15.3. The van der Waals surface area contributed by atoms with E-state index in [1.165, 1.54) is 17.8 Å². The summed E-state index contributed by atoms with van der Waals surface area (Å²) in [5.41, 5.74) is 0. The zero-order valence-corrected chi connectivity index (χ0v) is 13.0. The van der Waals surface area contributed by atoms with E-state index in [0.29, 0.717) is 16.7 Å². The second-order valence-corrected chi connectivity index (χ2v) is 6.06. The lowest BCUT2D eigenvalue weighted by Gasteiger charge is -2.38. The van der Waals surface area contributed by atoms with Crippen LogP contribution in [0.3, 0.4) is 0 Å². The van der Waals surface area contributed by atoms with E-state index >= 15 is 0 Å². The molecule has 0 saturated heterocycles. The first-order valence-corrected chi connectivity index (χ1v) is 8.26. The monoisotopic (exact) mass is 297 g/mol. The van der Waals surface area contributed by atoms with Gasteiger partial charge in [-0.25, -0.2) is 4.79 Å². The van der Waals surface area contributed by atoms with Gasteiger partial charge < -0.3 is 9.84 Å². The van der Waals surface area contributed by atoms with Crippen molar-refractivity contribution in [3.63, 3.8) is 0 Å². The number of hydrogen-bond acceptors (Lipinski definition) is 4. The van der Waals surface area contributed by atoms with Crippen molar-refractivity contribution in [3.05, 3.63) is 16.3 Å². The standard InChI is InChI=1S/C15H23NO3S/c1-3-16(4-2)11-7-5-6-8-12(11)19-13-9-10-20-14(13)15(17)18/h9-12H,3-8H2,1-2H3,(H,17,18). The van der Waals surface area contributed by atoms with E-state index in [2.05, 4.69) is 18.7 Å². The molecule has 1 aliphatic rings. The van der Waals surface area contributed by atoms with E-state index in [0.717, 1.165) is 32.4 Å². The Morgan fingerprint density at radius 2 is 2.10 bits per heavy atom. The Morgan fingerprint density at radius 1 is 1.40 bits per heavy atom. The third-order valence-corrected chi connectivity index (χ3v) is 4.93. The van der Waals surface area contributed by atoms with Gasteiger partial charge in [0.25, 0.3) is 0 Å². The van der Waals surface area contributed by atoms with Crippen molar-refractivity contribution in [2.24, 2.45) is 0 Å². The van der Waals surface area contributed by atoms with Crippen molar-refractivity contribution >= 4 is 17.3 Å². The molecule has 1 N–H and O–H groups in total. The minimum absolute atomic E-state index is 0.108. The Bertz CT molecular complexity index is 442. The summed E-state index contributed by atoms with van der Waals surface area (Å²) in [5, 5.41) is 11.0. The highest BCUT2D eigenvalue weighted by molar-refractivity contribution is 7.12. The molecular formula is C15H23NO3S. The average molecular weight is 297 g/mol. The minimum atomic E-state index is -0.898. The third kappa shape index (κ3) is 3.33. The fourth-order valence-electron chi connectivity index (χ4n) is 3.03. The quantitative estimate of drug-likeness (QED) is 0.873. The number of rotatable bonds is 6. The Balaban J connectivity index is 2.12.